The van der Waals surface area contributed by atoms with Gasteiger partial charge in [0, 0.05) is 32.6 Å². The number of nitrogens with zero attached hydrogens (tertiary/aromatic N) is 3. The zero-order valence-corrected chi connectivity index (χ0v) is 18.6. The largest absolute Gasteiger partial charge is 0.438 e. The monoisotopic (exact) mass is 465 g/mol. The highest BCUT2D eigenvalue weighted by Crippen LogP contribution is 2.30. The number of alkyl halides is 3. The van der Waals surface area contributed by atoms with Crippen LogP contribution in [-0.2, 0) is 23.8 Å². The Bertz CT molecular complexity index is 1320. The minimum atomic E-state index is -4.43. The first-order chi connectivity index (χ1) is 16.2. The summed E-state index contributed by atoms with van der Waals surface area (Å²) in [5.74, 6) is 0.793. The second kappa shape index (κ2) is 9.51. The Morgan fingerprint density at radius 2 is 1.65 bits per heavy atom. The molecule has 0 amide bonds. The number of aromatic nitrogens is 2. The molecule has 1 heterocycles. The zero-order valence-electron chi connectivity index (χ0n) is 18.6. The lowest BCUT2D eigenvalue weighted by atomic mass is 10.0. The predicted molar refractivity (Wildman–Crippen MR) is 124 cm³/mol. The third-order valence-electron chi connectivity index (χ3n) is 5.29. The first-order valence-electron chi connectivity index (χ1n) is 10.6. The highest BCUT2D eigenvalue weighted by Gasteiger charge is 2.30. The number of benzene rings is 3. The van der Waals surface area contributed by atoms with E-state index in [1.165, 1.54) is 18.5 Å². The number of Topliss-reactive ketones (excluding diaryl/α,β-unsaturated/α-hetero) is 1. The molecule has 0 saturated carbocycles. The van der Waals surface area contributed by atoms with Crippen LogP contribution in [0, 0.1) is 0 Å². The minimum absolute atomic E-state index is 0.0654. The van der Waals surface area contributed by atoms with Gasteiger partial charge in [-0.3, -0.25) is 4.79 Å². The molecule has 0 bridgehead atoms. The Hall–Kier alpha value is -3.94. The Labute approximate surface area is 194 Å². The molecule has 4 aromatic rings. The van der Waals surface area contributed by atoms with Crippen LogP contribution in [-0.4, -0.2) is 29.8 Å². The lowest BCUT2D eigenvalue weighted by Crippen LogP contribution is -2.09. The van der Waals surface area contributed by atoms with Gasteiger partial charge in [-0.15, -0.1) is 0 Å². The van der Waals surface area contributed by atoms with E-state index in [0.29, 0.717) is 17.2 Å². The normalized spacial score (nSPS) is 11.4. The van der Waals surface area contributed by atoms with E-state index in [0.717, 1.165) is 34.3 Å². The predicted octanol–water partition coefficient (Wildman–Crippen LogP) is 5.86. The number of ether oxygens (including phenoxy) is 1. The fourth-order valence-electron chi connectivity index (χ4n) is 3.54. The molecule has 0 aliphatic heterocycles. The summed E-state index contributed by atoms with van der Waals surface area (Å²) in [6, 6.07) is 17.6. The van der Waals surface area contributed by atoms with Crippen LogP contribution in [0.1, 0.15) is 16.7 Å². The van der Waals surface area contributed by atoms with Crippen LogP contribution < -0.4 is 9.64 Å². The number of anilines is 1. The molecule has 0 saturated heterocycles. The maximum absolute atomic E-state index is 12.9. The van der Waals surface area contributed by atoms with E-state index in [-0.39, 0.29) is 18.6 Å². The van der Waals surface area contributed by atoms with Crippen LogP contribution in [0.4, 0.5) is 18.9 Å². The van der Waals surface area contributed by atoms with Crippen molar-refractivity contribution in [3.63, 3.8) is 0 Å². The maximum atomic E-state index is 12.9. The third-order valence-corrected chi connectivity index (χ3v) is 5.29. The Balaban J connectivity index is 1.42. The smallest absolute Gasteiger partial charge is 0.416 e. The van der Waals surface area contributed by atoms with Crippen LogP contribution >= 0.6 is 0 Å². The average molecular weight is 465 g/mol. The minimum Gasteiger partial charge on any atom is -0.438 e. The standard InChI is InChI=1S/C26H22F3N3O2/c1-32(2)20-8-11-23-24(15-20)30-16-31-25(23)34-22-9-6-17(7-10-22)13-21(33)14-18-4-3-5-19(12-18)26(27,28)29/h3-12,15-16H,13-14H2,1-2H3. The molecule has 0 atom stereocenters. The number of carbonyl (C=O) groups is 1. The van der Waals surface area contributed by atoms with Gasteiger partial charge >= 0.3 is 6.18 Å². The van der Waals surface area contributed by atoms with Crippen molar-refractivity contribution < 1.29 is 22.7 Å². The number of fused-ring (bicyclic) bond motifs is 1. The van der Waals surface area contributed by atoms with Crippen LogP contribution in [0.3, 0.4) is 0 Å². The van der Waals surface area contributed by atoms with Gasteiger partial charge in [0.15, 0.2) is 0 Å². The van der Waals surface area contributed by atoms with Gasteiger partial charge < -0.3 is 9.64 Å². The lowest BCUT2D eigenvalue weighted by Gasteiger charge is -2.13. The number of ketones is 1. The second-order valence-corrected chi connectivity index (χ2v) is 8.11. The molecule has 8 heteroatoms. The van der Waals surface area contributed by atoms with Gasteiger partial charge in [0.1, 0.15) is 17.9 Å². The zero-order chi connectivity index (χ0) is 24.3. The van der Waals surface area contributed by atoms with Crippen LogP contribution in [0.15, 0.2) is 73.1 Å². The van der Waals surface area contributed by atoms with Crippen molar-refractivity contribution in [1.82, 2.24) is 9.97 Å². The molecule has 0 N–H and O–H groups in total. The molecule has 0 spiro atoms. The van der Waals surface area contributed by atoms with Crippen molar-refractivity contribution >= 4 is 22.4 Å². The van der Waals surface area contributed by atoms with Gasteiger partial charge in [-0.2, -0.15) is 13.2 Å². The summed E-state index contributed by atoms with van der Waals surface area (Å²) >= 11 is 0. The Morgan fingerprint density at radius 3 is 2.35 bits per heavy atom. The number of rotatable bonds is 7. The van der Waals surface area contributed by atoms with Crippen LogP contribution in [0.2, 0.25) is 0 Å². The first kappa shape index (κ1) is 23.2. The fraction of sp³-hybridized carbons (Fsp3) is 0.192. The van der Waals surface area contributed by atoms with Crippen molar-refractivity contribution in [3.8, 4) is 11.6 Å². The molecule has 0 unspecified atom stereocenters. The molecular formula is C26H22F3N3O2. The van der Waals surface area contributed by atoms with E-state index < -0.39 is 11.7 Å². The van der Waals surface area contributed by atoms with E-state index in [1.54, 1.807) is 24.3 Å². The summed E-state index contributed by atoms with van der Waals surface area (Å²) in [6.45, 7) is 0. The molecule has 0 radical (unpaired) electrons. The van der Waals surface area contributed by atoms with Gasteiger partial charge in [0.2, 0.25) is 5.88 Å². The number of carbonyl (C=O) groups excluding carboxylic acids is 1. The van der Waals surface area contributed by atoms with E-state index in [2.05, 4.69) is 9.97 Å². The lowest BCUT2D eigenvalue weighted by molar-refractivity contribution is -0.137. The second-order valence-electron chi connectivity index (χ2n) is 8.11. The fourth-order valence-corrected chi connectivity index (χ4v) is 3.54. The Kier molecular flexibility index (Phi) is 6.49. The highest BCUT2D eigenvalue weighted by molar-refractivity contribution is 5.86. The summed E-state index contributed by atoms with van der Waals surface area (Å²) in [4.78, 5) is 22.9. The highest BCUT2D eigenvalue weighted by atomic mass is 19.4. The Morgan fingerprint density at radius 1 is 0.912 bits per heavy atom. The molecule has 34 heavy (non-hydrogen) atoms. The molecular weight excluding hydrogens is 443 g/mol. The molecule has 1 aromatic heterocycles. The summed E-state index contributed by atoms with van der Waals surface area (Å²) in [5.41, 5.74) is 2.10. The maximum Gasteiger partial charge on any atom is 0.416 e. The molecule has 0 fully saturated rings. The van der Waals surface area contributed by atoms with Crippen LogP contribution in [0.25, 0.3) is 10.9 Å². The molecule has 0 aliphatic rings. The summed E-state index contributed by atoms with van der Waals surface area (Å²) in [5, 5.41) is 0.772. The quantitative estimate of drug-likeness (QED) is 0.342. The third kappa shape index (κ3) is 5.51. The number of halogens is 3. The molecule has 5 nitrogen and oxygen atoms in total. The van der Waals surface area contributed by atoms with E-state index in [1.807, 2.05) is 37.2 Å². The van der Waals surface area contributed by atoms with Gasteiger partial charge in [0.05, 0.1) is 16.5 Å². The van der Waals surface area contributed by atoms with Gasteiger partial charge in [-0.05, 0) is 47.5 Å². The average Bonchev–Trinajstić information content (AvgIpc) is 2.80. The van der Waals surface area contributed by atoms with E-state index in [9.17, 15) is 18.0 Å². The topological polar surface area (TPSA) is 55.3 Å². The van der Waals surface area contributed by atoms with Crippen molar-refractivity contribution in [2.75, 3.05) is 19.0 Å². The summed E-state index contributed by atoms with van der Waals surface area (Å²) in [7, 11) is 3.90. The molecule has 4 rings (SSSR count). The van der Waals surface area contributed by atoms with Gasteiger partial charge in [-0.1, -0.05) is 30.3 Å². The SMILES string of the molecule is CN(C)c1ccc2c(Oc3ccc(CC(=O)Cc4cccc(C(F)(F)F)c4)cc3)ncnc2c1. The number of hydrogen-bond donors (Lipinski definition) is 0. The summed E-state index contributed by atoms with van der Waals surface area (Å²) < 4.78 is 44.6. The van der Waals surface area contributed by atoms with Gasteiger partial charge in [-0.25, -0.2) is 9.97 Å². The van der Waals surface area contributed by atoms with Crippen molar-refractivity contribution in [2.24, 2.45) is 0 Å². The van der Waals surface area contributed by atoms with Crippen LogP contribution in [0.5, 0.6) is 11.6 Å². The number of hydrogen-bond acceptors (Lipinski definition) is 5. The van der Waals surface area contributed by atoms with Crippen molar-refractivity contribution in [3.05, 3.63) is 89.7 Å². The van der Waals surface area contributed by atoms with E-state index in [4.69, 9.17) is 4.74 Å². The molecule has 0 aliphatic carbocycles. The first-order valence-corrected chi connectivity index (χ1v) is 10.6. The van der Waals surface area contributed by atoms with Crippen molar-refractivity contribution in [2.45, 2.75) is 19.0 Å². The molecule has 174 valence electrons. The van der Waals surface area contributed by atoms with Crippen molar-refractivity contribution in [1.29, 1.82) is 0 Å². The summed E-state index contributed by atoms with van der Waals surface area (Å²) in [6.07, 6.45) is -2.94. The van der Waals surface area contributed by atoms with Gasteiger partial charge in [0.25, 0.3) is 0 Å². The van der Waals surface area contributed by atoms with E-state index >= 15 is 0 Å². The molecule has 3 aromatic carbocycles.